The summed E-state index contributed by atoms with van der Waals surface area (Å²) in [6.45, 7) is 1.50. The molecule has 1 atom stereocenters. The van der Waals surface area contributed by atoms with Crippen molar-refractivity contribution in [3.63, 3.8) is 0 Å². The number of halogens is 2. The minimum atomic E-state index is -0.248. The minimum absolute atomic E-state index is 0.0326. The lowest BCUT2D eigenvalue weighted by Gasteiger charge is -2.20. The van der Waals surface area contributed by atoms with E-state index < -0.39 is 0 Å². The first-order valence-electron chi connectivity index (χ1n) is 6.77. The molecule has 0 aromatic heterocycles. The van der Waals surface area contributed by atoms with Crippen LogP contribution in [0.2, 0.25) is 10.0 Å². The van der Waals surface area contributed by atoms with Crippen LogP contribution in [0.15, 0.2) is 30.3 Å². The molecule has 0 fully saturated rings. The molecule has 0 bridgehead atoms. The van der Waals surface area contributed by atoms with Crippen LogP contribution in [0.4, 0.5) is 0 Å². The van der Waals surface area contributed by atoms with Crippen LogP contribution in [0.3, 0.4) is 0 Å². The maximum Gasteiger partial charge on any atom is 0.176 e. The third-order valence-corrected chi connectivity index (χ3v) is 4.53. The Morgan fingerprint density at radius 2 is 1.95 bits per heavy atom. The van der Waals surface area contributed by atoms with Gasteiger partial charge in [0.2, 0.25) is 0 Å². The molecule has 3 nitrogen and oxygen atoms in total. The zero-order valence-electron chi connectivity index (χ0n) is 11.2. The molecule has 3 N–H and O–H groups in total. The average Bonchev–Trinajstić information content (AvgIpc) is 2.67. The molecule has 0 radical (unpaired) electrons. The lowest BCUT2D eigenvalue weighted by atomic mass is 9.87. The molecule has 0 saturated heterocycles. The number of phenols is 2. The first-order chi connectivity index (χ1) is 10.1. The molecule has 3 rings (SSSR count). The van der Waals surface area contributed by atoms with E-state index in [2.05, 4.69) is 5.32 Å². The maximum atomic E-state index is 9.89. The number of aromatic hydroxyl groups is 2. The predicted octanol–water partition coefficient (Wildman–Crippen LogP) is 3.68. The second-order valence-corrected chi connectivity index (χ2v) is 6.00. The second-order valence-electron chi connectivity index (χ2n) is 5.19. The van der Waals surface area contributed by atoms with Crippen LogP contribution < -0.4 is 5.32 Å². The van der Waals surface area contributed by atoms with Crippen molar-refractivity contribution < 1.29 is 10.2 Å². The van der Waals surface area contributed by atoms with Gasteiger partial charge in [0.25, 0.3) is 0 Å². The van der Waals surface area contributed by atoms with E-state index in [4.69, 9.17) is 23.2 Å². The summed E-state index contributed by atoms with van der Waals surface area (Å²) < 4.78 is 0. The molecule has 5 heteroatoms. The van der Waals surface area contributed by atoms with Gasteiger partial charge in [-0.3, -0.25) is 0 Å². The zero-order chi connectivity index (χ0) is 15.0. The highest BCUT2D eigenvalue weighted by atomic mass is 35.5. The number of phenolic OH excluding ortho intramolecular Hbond substituents is 2. The van der Waals surface area contributed by atoms with Crippen LogP contribution in [0.5, 0.6) is 11.5 Å². The van der Waals surface area contributed by atoms with Gasteiger partial charge < -0.3 is 15.5 Å². The van der Waals surface area contributed by atoms with Gasteiger partial charge in [0.15, 0.2) is 11.5 Å². The highest BCUT2D eigenvalue weighted by Gasteiger charge is 2.25. The Morgan fingerprint density at radius 1 is 1.14 bits per heavy atom. The smallest absolute Gasteiger partial charge is 0.176 e. The van der Waals surface area contributed by atoms with Crippen LogP contribution in [0, 0.1) is 0 Å². The first kappa shape index (κ1) is 14.5. The number of rotatable bonds is 1. The van der Waals surface area contributed by atoms with Crippen molar-refractivity contribution in [1.82, 2.24) is 5.32 Å². The lowest BCUT2D eigenvalue weighted by molar-refractivity contribution is 0.402. The highest BCUT2D eigenvalue weighted by molar-refractivity contribution is 6.33. The van der Waals surface area contributed by atoms with Crippen LogP contribution in [-0.2, 0) is 6.42 Å². The van der Waals surface area contributed by atoms with Gasteiger partial charge in [-0.1, -0.05) is 35.3 Å². The summed E-state index contributed by atoms with van der Waals surface area (Å²) in [5.74, 6) is -0.403. The quantitative estimate of drug-likeness (QED) is 0.702. The SMILES string of the molecule is Oc1cc2c(c(Cl)c1O)CCNC[C@@H]2c1cccc(Cl)c1. The van der Waals surface area contributed by atoms with Crippen molar-refractivity contribution in [2.75, 3.05) is 13.1 Å². The number of benzene rings is 2. The summed E-state index contributed by atoms with van der Waals surface area (Å²) in [4.78, 5) is 0. The van der Waals surface area contributed by atoms with Gasteiger partial charge >= 0.3 is 0 Å². The van der Waals surface area contributed by atoms with Crippen molar-refractivity contribution in [3.8, 4) is 11.5 Å². The first-order valence-corrected chi connectivity index (χ1v) is 7.53. The van der Waals surface area contributed by atoms with E-state index in [0.717, 1.165) is 29.8 Å². The van der Waals surface area contributed by atoms with Crippen LogP contribution in [0.25, 0.3) is 0 Å². The molecule has 21 heavy (non-hydrogen) atoms. The topological polar surface area (TPSA) is 52.5 Å². The largest absolute Gasteiger partial charge is 0.504 e. The fourth-order valence-corrected chi connectivity index (χ4v) is 3.34. The Kier molecular flexibility index (Phi) is 3.98. The molecule has 2 aromatic carbocycles. The van der Waals surface area contributed by atoms with E-state index in [1.807, 2.05) is 24.3 Å². The molecule has 0 unspecified atom stereocenters. The molecular weight excluding hydrogens is 309 g/mol. The molecule has 0 amide bonds. The minimum Gasteiger partial charge on any atom is -0.504 e. The van der Waals surface area contributed by atoms with E-state index in [-0.39, 0.29) is 22.4 Å². The summed E-state index contributed by atoms with van der Waals surface area (Å²) >= 11 is 12.3. The number of hydrogen-bond acceptors (Lipinski definition) is 3. The molecular formula is C16H15Cl2NO2. The Labute approximate surface area is 133 Å². The number of hydrogen-bond donors (Lipinski definition) is 3. The van der Waals surface area contributed by atoms with Gasteiger partial charge in [-0.15, -0.1) is 0 Å². The van der Waals surface area contributed by atoms with E-state index >= 15 is 0 Å². The van der Waals surface area contributed by atoms with Crippen molar-refractivity contribution >= 4 is 23.2 Å². The normalized spacial score (nSPS) is 18.1. The van der Waals surface area contributed by atoms with Crippen LogP contribution >= 0.6 is 23.2 Å². The van der Waals surface area contributed by atoms with Gasteiger partial charge in [-0.05, 0) is 47.9 Å². The molecule has 0 saturated carbocycles. The fourth-order valence-electron chi connectivity index (χ4n) is 2.84. The van der Waals surface area contributed by atoms with Crippen molar-refractivity contribution in [1.29, 1.82) is 0 Å². The molecule has 1 aliphatic heterocycles. The Balaban J connectivity index is 2.17. The summed E-state index contributed by atoms with van der Waals surface area (Å²) in [5, 5.41) is 24.0. The number of nitrogens with one attached hydrogen (secondary N) is 1. The molecule has 1 aliphatic rings. The third-order valence-electron chi connectivity index (χ3n) is 3.88. The second kappa shape index (κ2) is 5.76. The van der Waals surface area contributed by atoms with E-state index in [0.29, 0.717) is 11.4 Å². The standard InChI is InChI=1S/C16H15Cl2NO2/c17-10-3-1-2-9(6-10)13-8-19-5-4-11-12(13)7-14(20)16(21)15(11)18/h1-3,6-7,13,19-21H,4-5,8H2/t13-/m1/s1. The van der Waals surface area contributed by atoms with Gasteiger partial charge in [0.05, 0.1) is 5.02 Å². The van der Waals surface area contributed by atoms with E-state index in [9.17, 15) is 10.2 Å². The monoisotopic (exact) mass is 323 g/mol. The molecule has 1 heterocycles. The van der Waals surface area contributed by atoms with Crippen LogP contribution in [0.1, 0.15) is 22.6 Å². The lowest BCUT2D eigenvalue weighted by Crippen LogP contribution is -2.20. The maximum absolute atomic E-state index is 9.89. The van der Waals surface area contributed by atoms with Crippen molar-refractivity contribution in [3.05, 3.63) is 57.1 Å². The molecule has 0 spiro atoms. The highest BCUT2D eigenvalue weighted by Crippen LogP contribution is 2.42. The van der Waals surface area contributed by atoms with Gasteiger partial charge in [0.1, 0.15) is 0 Å². The van der Waals surface area contributed by atoms with E-state index in [1.54, 1.807) is 6.07 Å². The Bertz CT molecular complexity index is 688. The third kappa shape index (κ3) is 2.69. The Morgan fingerprint density at radius 3 is 2.71 bits per heavy atom. The zero-order valence-corrected chi connectivity index (χ0v) is 12.7. The average molecular weight is 324 g/mol. The fraction of sp³-hybridized carbons (Fsp3) is 0.250. The summed E-state index contributed by atoms with van der Waals surface area (Å²) in [5.41, 5.74) is 2.86. The van der Waals surface area contributed by atoms with Gasteiger partial charge in [-0.25, -0.2) is 0 Å². The van der Waals surface area contributed by atoms with Crippen molar-refractivity contribution in [2.24, 2.45) is 0 Å². The summed E-state index contributed by atoms with van der Waals surface area (Å²) in [6, 6.07) is 9.27. The molecule has 0 aliphatic carbocycles. The summed E-state index contributed by atoms with van der Waals surface area (Å²) in [7, 11) is 0. The van der Waals surface area contributed by atoms with Crippen LogP contribution in [-0.4, -0.2) is 23.3 Å². The molecule has 2 aromatic rings. The Hall–Kier alpha value is -1.42. The summed E-state index contributed by atoms with van der Waals surface area (Å²) in [6.07, 6.45) is 0.707. The van der Waals surface area contributed by atoms with E-state index in [1.165, 1.54) is 0 Å². The molecule has 110 valence electrons. The van der Waals surface area contributed by atoms with Gasteiger partial charge in [0, 0.05) is 17.5 Å². The predicted molar refractivity (Wildman–Crippen MR) is 84.7 cm³/mol. The van der Waals surface area contributed by atoms with Crippen molar-refractivity contribution in [2.45, 2.75) is 12.3 Å². The number of fused-ring (bicyclic) bond motifs is 1. The van der Waals surface area contributed by atoms with Gasteiger partial charge in [-0.2, -0.15) is 0 Å².